The molecule has 1 atom stereocenters. The van der Waals surface area contributed by atoms with Gasteiger partial charge >= 0.3 is 5.97 Å². The number of hydrogen-bond donors (Lipinski definition) is 2. The fraction of sp³-hybridized carbons (Fsp3) is 0.133. The zero-order chi connectivity index (χ0) is 15.6. The summed E-state index contributed by atoms with van der Waals surface area (Å²) in [5, 5.41) is 12.8. The third-order valence-corrected chi connectivity index (χ3v) is 3.72. The van der Waals surface area contributed by atoms with Crippen molar-refractivity contribution in [1.82, 2.24) is 0 Å². The van der Waals surface area contributed by atoms with Crippen LogP contribution >= 0.6 is 23.2 Å². The topological polar surface area (TPSA) is 49.3 Å². The molecule has 0 saturated heterocycles. The highest BCUT2D eigenvalue weighted by Gasteiger charge is 2.37. The van der Waals surface area contributed by atoms with E-state index < -0.39 is 17.3 Å². The fourth-order valence-corrected chi connectivity index (χ4v) is 2.43. The second-order valence-corrected chi connectivity index (χ2v) is 5.50. The van der Waals surface area contributed by atoms with Crippen molar-refractivity contribution in [2.24, 2.45) is 0 Å². The maximum atomic E-state index is 13.8. The number of carboxylic acid groups (broad SMARTS) is 1. The Kier molecular flexibility index (Phi) is 4.40. The molecule has 21 heavy (non-hydrogen) atoms. The van der Waals surface area contributed by atoms with Crippen molar-refractivity contribution >= 4 is 34.9 Å². The lowest BCUT2D eigenvalue weighted by molar-refractivity contribution is -0.142. The van der Waals surface area contributed by atoms with Crippen LogP contribution in [0.2, 0.25) is 10.0 Å². The van der Waals surface area contributed by atoms with E-state index in [9.17, 15) is 14.3 Å². The summed E-state index contributed by atoms with van der Waals surface area (Å²) in [6, 6.07) is 10.3. The van der Waals surface area contributed by atoms with Gasteiger partial charge in [-0.15, -0.1) is 0 Å². The highest BCUT2D eigenvalue weighted by atomic mass is 35.5. The van der Waals surface area contributed by atoms with E-state index in [2.05, 4.69) is 5.32 Å². The Morgan fingerprint density at radius 2 is 1.90 bits per heavy atom. The van der Waals surface area contributed by atoms with Crippen molar-refractivity contribution in [3.63, 3.8) is 0 Å². The number of carbonyl (C=O) groups is 1. The molecule has 1 unspecified atom stereocenters. The van der Waals surface area contributed by atoms with Crippen LogP contribution in [0, 0.1) is 5.82 Å². The van der Waals surface area contributed by atoms with Crippen LogP contribution in [-0.2, 0) is 10.3 Å². The highest BCUT2D eigenvalue weighted by molar-refractivity contribution is 6.34. The summed E-state index contributed by atoms with van der Waals surface area (Å²) < 4.78 is 13.8. The molecule has 2 aromatic carbocycles. The molecule has 2 N–H and O–H groups in total. The van der Waals surface area contributed by atoms with Gasteiger partial charge in [0.1, 0.15) is 5.82 Å². The van der Waals surface area contributed by atoms with E-state index in [1.807, 2.05) is 0 Å². The Labute approximate surface area is 131 Å². The second kappa shape index (κ2) is 5.92. The average molecular weight is 328 g/mol. The summed E-state index contributed by atoms with van der Waals surface area (Å²) in [5.74, 6) is -1.75. The molecule has 0 saturated carbocycles. The Morgan fingerprint density at radius 3 is 2.52 bits per heavy atom. The number of benzene rings is 2. The smallest absolute Gasteiger partial charge is 0.333 e. The lowest BCUT2D eigenvalue weighted by Gasteiger charge is -2.29. The minimum absolute atomic E-state index is 0.0680. The van der Waals surface area contributed by atoms with Crippen LogP contribution in [0.1, 0.15) is 12.5 Å². The lowest BCUT2D eigenvalue weighted by Crippen LogP contribution is -2.41. The highest BCUT2D eigenvalue weighted by Crippen LogP contribution is 2.34. The molecule has 2 rings (SSSR count). The SMILES string of the molecule is CC(Nc1ccccc1F)(C(=O)O)c1cc(Cl)ccc1Cl. The number of rotatable bonds is 4. The predicted octanol–water partition coefficient (Wildman–Crippen LogP) is 4.54. The van der Waals surface area contributed by atoms with E-state index in [4.69, 9.17) is 23.2 Å². The van der Waals surface area contributed by atoms with Gasteiger partial charge in [-0.1, -0.05) is 35.3 Å². The van der Waals surface area contributed by atoms with Gasteiger partial charge in [0, 0.05) is 15.6 Å². The first kappa shape index (κ1) is 15.6. The summed E-state index contributed by atoms with van der Waals surface area (Å²) in [7, 11) is 0. The van der Waals surface area contributed by atoms with Crippen LogP contribution in [0.15, 0.2) is 42.5 Å². The molecule has 110 valence electrons. The van der Waals surface area contributed by atoms with Crippen LogP contribution in [-0.4, -0.2) is 11.1 Å². The largest absolute Gasteiger partial charge is 0.479 e. The number of nitrogens with one attached hydrogen (secondary N) is 1. The first-order chi connectivity index (χ1) is 9.84. The van der Waals surface area contributed by atoms with Gasteiger partial charge < -0.3 is 10.4 Å². The van der Waals surface area contributed by atoms with Crippen molar-refractivity contribution < 1.29 is 14.3 Å². The minimum atomic E-state index is -1.62. The van der Waals surface area contributed by atoms with Crippen molar-refractivity contribution in [1.29, 1.82) is 0 Å². The number of para-hydroxylation sites is 1. The van der Waals surface area contributed by atoms with Gasteiger partial charge in [-0.3, -0.25) is 0 Å². The standard InChI is InChI=1S/C15H12Cl2FNO2/c1-15(14(20)21,10-8-9(16)6-7-11(10)17)19-13-5-3-2-4-12(13)18/h2-8,19H,1H3,(H,20,21). The third-order valence-electron chi connectivity index (χ3n) is 3.15. The summed E-state index contributed by atoms with van der Waals surface area (Å²) in [6.45, 7) is 1.40. The van der Waals surface area contributed by atoms with Crippen molar-refractivity contribution in [3.8, 4) is 0 Å². The van der Waals surface area contributed by atoms with Crippen LogP contribution < -0.4 is 5.32 Å². The summed E-state index contributed by atoms with van der Waals surface area (Å²) in [6.07, 6.45) is 0. The minimum Gasteiger partial charge on any atom is -0.479 e. The Balaban J connectivity index is 2.53. The predicted molar refractivity (Wildman–Crippen MR) is 81.5 cm³/mol. The Bertz CT molecular complexity index is 693. The molecule has 6 heteroatoms. The summed E-state index contributed by atoms with van der Waals surface area (Å²) in [5.41, 5.74) is -1.30. The molecule has 0 radical (unpaired) electrons. The van der Waals surface area contributed by atoms with Crippen LogP contribution in [0.3, 0.4) is 0 Å². The first-order valence-corrected chi connectivity index (χ1v) is 6.82. The number of carboxylic acids is 1. The zero-order valence-corrected chi connectivity index (χ0v) is 12.5. The number of aliphatic carboxylic acids is 1. The quantitative estimate of drug-likeness (QED) is 0.866. The maximum absolute atomic E-state index is 13.8. The first-order valence-electron chi connectivity index (χ1n) is 6.06. The van der Waals surface area contributed by atoms with Crippen LogP contribution in [0.25, 0.3) is 0 Å². The maximum Gasteiger partial charge on any atom is 0.333 e. The van der Waals surface area contributed by atoms with Gasteiger partial charge in [-0.25, -0.2) is 9.18 Å². The zero-order valence-electron chi connectivity index (χ0n) is 11.0. The molecule has 0 spiro atoms. The molecular formula is C15H12Cl2FNO2. The van der Waals surface area contributed by atoms with E-state index in [1.165, 1.54) is 37.3 Å². The molecule has 0 bridgehead atoms. The Morgan fingerprint density at radius 1 is 1.24 bits per heavy atom. The lowest BCUT2D eigenvalue weighted by atomic mass is 9.91. The molecule has 0 aromatic heterocycles. The van der Waals surface area contributed by atoms with Crippen molar-refractivity contribution in [2.45, 2.75) is 12.5 Å². The molecule has 0 fully saturated rings. The molecule has 0 heterocycles. The van der Waals surface area contributed by atoms with E-state index in [-0.39, 0.29) is 16.3 Å². The summed E-state index contributed by atoms with van der Waals surface area (Å²) in [4.78, 5) is 11.7. The van der Waals surface area contributed by atoms with Gasteiger partial charge in [0.2, 0.25) is 0 Å². The molecule has 0 aliphatic rings. The molecule has 2 aromatic rings. The monoisotopic (exact) mass is 327 g/mol. The number of hydrogen-bond acceptors (Lipinski definition) is 2. The van der Waals surface area contributed by atoms with E-state index in [0.29, 0.717) is 5.02 Å². The summed E-state index contributed by atoms with van der Waals surface area (Å²) >= 11 is 12.0. The van der Waals surface area contributed by atoms with E-state index >= 15 is 0 Å². The molecule has 0 aliphatic carbocycles. The molecule has 3 nitrogen and oxygen atoms in total. The van der Waals surface area contributed by atoms with Gasteiger partial charge in [0.25, 0.3) is 0 Å². The van der Waals surface area contributed by atoms with Crippen LogP contribution in [0.4, 0.5) is 10.1 Å². The van der Waals surface area contributed by atoms with Gasteiger partial charge in [-0.2, -0.15) is 0 Å². The van der Waals surface area contributed by atoms with Crippen molar-refractivity contribution in [2.75, 3.05) is 5.32 Å². The van der Waals surface area contributed by atoms with Crippen LogP contribution in [0.5, 0.6) is 0 Å². The normalized spacial score (nSPS) is 13.5. The van der Waals surface area contributed by atoms with Gasteiger partial charge in [0.15, 0.2) is 5.54 Å². The average Bonchev–Trinajstić information content (AvgIpc) is 2.43. The second-order valence-electron chi connectivity index (χ2n) is 4.66. The van der Waals surface area contributed by atoms with E-state index in [0.717, 1.165) is 0 Å². The van der Waals surface area contributed by atoms with Gasteiger partial charge in [-0.05, 0) is 37.3 Å². The number of anilines is 1. The van der Waals surface area contributed by atoms with Gasteiger partial charge in [0.05, 0.1) is 5.69 Å². The number of halogens is 3. The molecule has 0 aliphatic heterocycles. The fourth-order valence-electron chi connectivity index (χ4n) is 1.95. The molecular weight excluding hydrogens is 316 g/mol. The van der Waals surface area contributed by atoms with E-state index in [1.54, 1.807) is 12.1 Å². The van der Waals surface area contributed by atoms with Crippen molar-refractivity contribution in [3.05, 3.63) is 63.9 Å². The molecule has 0 amide bonds. The third kappa shape index (κ3) is 3.12. The Hall–Kier alpha value is -1.78.